The van der Waals surface area contributed by atoms with Crippen LogP contribution in [0.25, 0.3) is 28.0 Å². The molecule has 1 N–H and O–H groups in total. The number of nitrogens with zero attached hydrogens (tertiary/aromatic N) is 10. The second kappa shape index (κ2) is 23.2. The largest absolute Gasteiger partial charge is 0.497 e. The van der Waals surface area contributed by atoms with E-state index in [1.807, 2.05) is 98.0 Å². The first kappa shape index (κ1) is 56.9. The van der Waals surface area contributed by atoms with E-state index in [0.717, 1.165) is 5.56 Å². The van der Waals surface area contributed by atoms with E-state index >= 15 is 8.96 Å². The topological polar surface area (TPSA) is 262 Å². The number of rotatable bonds is 22. The second-order valence-electron chi connectivity index (χ2n) is 20.6. The Kier molecular flexibility index (Phi) is 16.5. The molecule has 0 spiro atoms. The maximum Gasteiger partial charge on any atom is 0.475 e. The summed E-state index contributed by atoms with van der Waals surface area (Å²) in [6, 6.07) is 26.5. The third-order valence-corrected chi connectivity index (χ3v) is 21.2. The van der Waals surface area contributed by atoms with Crippen molar-refractivity contribution in [1.29, 1.82) is 5.26 Å². The molecule has 80 heavy (non-hydrogen) atoms. The van der Waals surface area contributed by atoms with Crippen molar-refractivity contribution in [1.82, 2.24) is 43.4 Å². The standard InChI is InChI=1S/C53H61FN10O13P2Si/c1-33-42-48(58-29-57-33)64(31-59-42)51-46(77-80(7,8)52(2,3)4)45(39(74-51)27-70-53(34-13-10-9-11-14-34,35-15-19-37(68-5)20-16-35)36-17-21-38(69-6)22-18-36)76-79(67,71-26-12-23-55)72-28-40-44(75-78(65)66)41(54)50(73-40)63-32-60-43-47-56-24-25-62(47)30-61-49(43)63/h9-11,13-22,24-25,29-32,39-41,44-46,50-51,78H,12,26-28H2,1-8H3,(H,65,66)/t39-,40-,41-,44-,45-,46-,50-,51-,79?/m1/s1. The van der Waals surface area contributed by atoms with Gasteiger partial charge in [0.15, 0.2) is 49.4 Å². The maximum absolute atomic E-state index is 16.8. The molecule has 2 fully saturated rings. The lowest BCUT2D eigenvalue weighted by molar-refractivity contribution is -0.0952. The normalized spacial score (nSPS) is 22.9. The molecule has 422 valence electrons. The second-order valence-corrected chi connectivity index (χ2v) is 27.8. The van der Waals surface area contributed by atoms with E-state index in [1.54, 1.807) is 48.8 Å². The van der Waals surface area contributed by atoms with Gasteiger partial charge in [-0.3, -0.25) is 31.7 Å². The maximum atomic E-state index is 16.8. The molecule has 2 aliphatic heterocycles. The van der Waals surface area contributed by atoms with Gasteiger partial charge in [0.25, 0.3) is 0 Å². The Bertz CT molecular complexity index is 3520. The van der Waals surface area contributed by atoms with Gasteiger partial charge in [0.05, 0.1) is 64.9 Å². The number of methoxy groups -OCH3 is 2. The van der Waals surface area contributed by atoms with Crippen LogP contribution in [0.2, 0.25) is 18.1 Å². The molecular formula is C53H61FN10O13P2Si. The average molecular weight is 1160 g/mol. The first-order valence-corrected chi connectivity index (χ1v) is 31.3. The lowest BCUT2D eigenvalue weighted by Crippen LogP contribution is -2.49. The SMILES string of the molecule is COc1ccc(C(OC[C@H]2O[C@@H](n3cnc4c(C)ncnc43)[C@H](O[Si](C)(C)C(C)(C)C)[C@@H]2OP(=O)(OCCC#N)OC[C@H]2O[C@@H](n3cnc4c3ncn3ccnc43)[C@H](F)[C@@H]2O[PH](=O)O)(c2ccccc2)c2ccc(OC)cc2)cc1. The molecule has 23 nitrogen and oxygen atoms in total. The van der Waals surface area contributed by atoms with E-state index in [4.69, 9.17) is 46.2 Å². The van der Waals surface area contributed by atoms with E-state index in [-0.39, 0.29) is 18.7 Å². The number of imidazole rings is 3. The lowest BCUT2D eigenvalue weighted by Gasteiger charge is -2.41. The van der Waals surface area contributed by atoms with Gasteiger partial charge in [0.2, 0.25) is 0 Å². The fourth-order valence-electron chi connectivity index (χ4n) is 9.73. The van der Waals surface area contributed by atoms with Gasteiger partial charge in [-0.15, -0.1) is 0 Å². The Morgan fingerprint density at radius 1 is 0.762 bits per heavy atom. The van der Waals surface area contributed by atoms with Crippen LogP contribution in [-0.4, -0.2) is 127 Å². The zero-order valence-electron chi connectivity index (χ0n) is 45.1. The third-order valence-electron chi connectivity index (χ3n) is 14.8. The summed E-state index contributed by atoms with van der Waals surface area (Å²) in [7, 11) is -8.59. The van der Waals surface area contributed by atoms with Crippen molar-refractivity contribution in [2.45, 2.75) is 107 Å². The van der Waals surface area contributed by atoms with Gasteiger partial charge in [0, 0.05) is 12.4 Å². The molecule has 3 aromatic carbocycles. The van der Waals surface area contributed by atoms with Crippen LogP contribution in [-0.2, 0) is 51.5 Å². The molecule has 2 unspecified atom stereocenters. The smallest absolute Gasteiger partial charge is 0.475 e. The first-order valence-electron chi connectivity index (χ1n) is 25.6. The molecule has 8 aromatic rings. The highest BCUT2D eigenvalue weighted by Crippen LogP contribution is 2.56. The van der Waals surface area contributed by atoms with E-state index in [1.165, 1.54) is 23.5 Å². The molecule has 5 aromatic heterocycles. The minimum Gasteiger partial charge on any atom is -0.497 e. The fourth-order valence-corrected chi connectivity index (χ4v) is 12.9. The molecule has 10 atom stereocenters. The zero-order chi connectivity index (χ0) is 56.6. The minimum absolute atomic E-state index is 0.196. The van der Waals surface area contributed by atoms with Crippen molar-refractivity contribution in [2.24, 2.45) is 0 Å². The highest BCUT2D eigenvalue weighted by Gasteiger charge is 2.56. The van der Waals surface area contributed by atoms with Gasteiger partial charge in [-0.25, -0.2) is 38.9 Å². The van der Waals surface area contributed by atoms with Gasteiger partial charge < -0.3 is 37.5 Å². The van der Waals surface area contributed by atoms with Crippen molar-refractivity contribution in [3.8, 4) is 17.6 Å². The van der Waals surface area contributed by atoms with Crippen LogP contribution in [0.15, 0.2) is 117 Å². The fraction of sp³-hybridized carbons (Fsp3) is 0.415. The van der Waals surface area contributed by atoms with Crippen LogP contribution in [0.3, 0.4) is 0 Å². The molecule has 2 aliphatic rings. The van der Waals surface area contributed by atoms with Crippen molar-refractivity contribution in [3.05, 3.63) is 139 Å². The van der Waals surface area contributed by atoms with Gasteiger partial charge in [-0.2, -0.15) is 5.26 Å². The number of nitriles is 1. The van der Waals surface area contributed by atoms with Crippen molar-refractivity contribution in [2.75, 3.05) is 34.0 Å². The number of hydrogen-bond donors (Lipinski definition) is 1. The van der Waals surface area contributed by atoms with Crippen molar-refractivity contribution in [3.63, 3.8) is 0 Å². The third kappa shape index (κ3) is 11.1. The van der Waals surface area contributed by atoms with Crippen molar-refractivity contribution >= 4 is 52.4 Å². The van der Waals surface area contributed by atoms with Crippen LogP contribution >= 0.6 is 16.1 Å². The summed E-state index contributed by atoms with van der Waals surface area (Å²) in [5.74, 6) is 1.22. The summed E-state index contributed by atoms with van der Waals surface area (Å²) in [5, 5.41) is 9.31. The Morgan fingerprint density at radius 2 is 1.38 bits per heavy atom. The monoisotopic (exact) mass is 1150 g/mol. The molecule has 0 amide bonds. The zero-order valence-corrected chi connectivity index (χ0v) is 48.0. The van der Waals surface area contributed by atoms with E-state index < -0.39 is 97.4 Å². The Labute approximate surface area is 461 Å². The van der Waals surface area contributed by atoms with Crippen LogP contribution < -0.4 is 9.47 Å². The number of aryl methyl sites for hydroxylation is 1. The molecular weight excluding hydrogens is 1090 g/mol. The summed E-state index contributed by atoms with van der Waals surface area (Å²) in [5.41, 5.74) is 3.22. The number of halogens is 1. The number of ether oxygens (including phenoxy) is 5. The number of aromatic nitrogens is 9. The number of alkyl halides is 1. The summed E-state index contributed by atoms with van der Waals surface area (Å²) in [6.07, 6.45) is -3.05. The lowest BCUT2D eigenvalue weighted by atomic mass is 9.80. The Hall–Kier alpha value is -6.36. The molecule has 0 bridgehead atoms. The van der Waals surface area contributed by atoms with E-state index in [2.05, 4.69) is 50.7 Å². The Balaban J connectivity index is 1.07. The first-order chi connectivity index (χ1) is 38.4. The predicted octanol–water partition coefficient (Wildman–Crippen LogP) is 8.98. The number of benzene rings is 3. The number of hydrogen-bond acceptors (Lipinski definition) is 19. The van der Waals surface area contributed by atoms with E-state index in [0.29, 0.717) is 50.6 Å². The van der Waals surface area contributed by atoms with Crippen LogP contribution in [0, 0.1) is 18.3 Å². The number of phosphoric ester groups is 1. The molecule has 7 heterocycles. The van der Waals surface area contributed by atoms with Crippen LogP contribution in [0.5, 0.6) is 11.5 Å². The Morgan fingerprint density at radius 3 is 2.01 bits per heavy atom. The summed E-state index contributed by atoms with van der Waals surface area (Å²) in [4.78, 5) is 37.0. The number of phosphoric acid groups is 1. The molecule has 10 rings (SSSR count). The van der Waals surface area contributed by atoms with Crippen molar-refractivity contribution < 1.29 is 64.6 Å². The predicted molar refractivity (Wildman–Crippen MR) is 290 cm³/mol. The molecule has 0 aliphatic carbocycles. The van der Waals surface area contributed by atoms with Gasteiger partial charge in [-0.05, 0) is 66.0 Å². The summed E-state index contributed by atoms with van der Waals surface area (Å²) >= 11 is 0. The summed E-state index contributed by atoms with van der Waals surface area (Å²) in [6.45, 7) is 10.6. The molecule has 27 heteroatoms. The molecule has 2 saturated heterocycles. The minimum atomic E-state index is -5.03. The number of fused-ring (bicyclic) bond motifs is 4. The van der Waals surface area contributed by atoms with E-state index in [9.17, 15) is 14.7 Å². The highest BCUT2D eigenvalue weighted by molar-refractivity contribution is 7.48. The van der Waals surface area contributed by atoms with Crippen LogP contribution in [0.4, 0.5) is 4.39 Å². The molecule has 0 radical (unpaired) electrons. The van der Waals surface area contributed by atoms with Gasteiger partial charge in [-0.1, -0.05) is 75.4 Å². The summed E-state index contributed by atoms with van der Waals surface area (Å²) < 4.78 is 113. The molecule has 0 saturated carbocycles. The average Bonchev–Trinajstić information content (AvgIpc) is 4.41. The quantitative estimate of drug-likeness (QED) is 0.0287. The van der Waals surface area contributed by atoms with Gasteiger partial charge in [0.1, 0.15) is 65.8 Å². The highest BCUT2D eigenvalue weighted by atomic mass is 31.2. The van der Waals surface area contributed by atoms with Crippen LogP contribution in [0.1, 0.15) is 62.0 Å². The van der Waals surface area contributed by atoms with Gasteiger partial charge >= 0.3 is 16.1 Å².